The molecule has 2 fully saturated rings. The van der Waals surface area contributed by atoms with Gasteiger partial charge in [-0.05, 0) is 32.6 Å². The summed E-state index contributed by atoms with van der Waals surface area (Å²) in [7, 11) is 0. The molecule has 0 aromatic rings. The smallest absolute Gasteiger partial charge is 0.230 e. The van der Waals surface area contributed by atoms with Crippen LogP contribution < -0.4 is 5.73 Å². The molecule has 0 aromatic carbocycles. The molecule has 5 nitrogen and oxygen atoms in total. The number of ether oxygens (including phenoxy) is 2. The topological polar surface area (TPSA) is 64.8 Å². The number of piperidine rings is 1. The first-order valence-electron chi connectivity index (χ1n) is 7.90. The van der Waals surface area contributed by atoms with E-state index >= 15 is 0 Å². The first-order chi connectivity index (χ1) is 9.72. The summed E-state index contributed by atoms with van der Waals surface area (Å²) in [5.41, 5.74) is 5.58. The lowest BCUT2D eigenvalue weighted by Crippen LogP contribution is -2.54. The van der Waals surface area contributed by atoms with Gasteiger partial charge in [-0.1, -0.05) is 6.42 Å². The minimum absolute atomic E-state index is 0.233. The highest BCUT2D eigenvalue weighted by Gasteiger charge is 2.45. The maximum atomic E-state index is 12.5. The highest BCUT2D eigenvalue weighted by atomic mass is 16.5. The molecule has 0 atom stereocenters. The van der Waals surface area contributed by atoms with Gasteiger partial charge in [-0.3, -0.25) is 4.79 Å². The Morgan fingerprint density at radius 1 is 1.30 bits per heavy atom. The minimum atomic E-state index is -0.233. The van der Waals surface area contributed by atoms with E-state index in [-0.39, 0.29) is 17.4 Å². The predicted molar refractivity (Wildman–Crippen MR) is 77.4 cm³/mol. The van der Waals surface area contributed by atoms with E-state index in [2.05, 4.69) is 0 Å². The summed E-state index contributed by atoms with van der Waals surface area (Å²) >= 11 is 0. The van der Waals surface area contributed by atoms with Gasteiger partial charge in [-0.15, -0.1) is 0 Å². The second kappa shape index (κ2) is 7.38. The Labute approximate surface area is 121 Å². The van der Waals surface area contributed by atoms with Crippen molar-refractivity contribution < 1.29 is 14.3 Å². The second-order valence-electron chi connectivity index (χ2n) is 5.90. The van der Waals surface area contributed by atoms with Crippen LogP contribution in [0.2, 0.25) is 0 Å². The molecule has 1 amide bonds. The van der Waals surface area contributed by atoms with Gasteiger partial charge in [0.2, 0.25) is 5.91 Å². The first kappa shape index (κ1) is 15.7. The molecule has 2 N–H and O–H groups in total. The van der Waals surface area contributed by atoms with Crippen LogP contribution in [0, 0.1) is 5.41 Å². The van der Waals surface area contributed by atoms with Gasteiger partial charge in [-0.2, -0.15) is 0 Å². The molecule has 0 unspecified atom stereocenters. The molecule has 0 spiro atoms. The summed E-state index contributed by atoms with van der Waals surface area (Å²) < 4.78 is 11.0. The van der Waals surface area contributed by atoms with Crippen molar-refractivity contribution in [2.75, 3.05) is 39.5 Å². The lowest BCUT2D eigenvalue weighted by molar-refractivity contribution is -0.149. The molecule has 1 aliphatic carbocycles. The number of carbonyl (C=O) groups is 1. The average Bonchev–Trinajstić information content (AvgIpc) is 2.44. The number of likely N-dealkylation sites (tertiary alicyclic amines) is 1. The summed E-state index contributed by atoms with van der Waals surface area (Å²) in [6.45, 7) is 6.14. The van der Waals surface area contributed by atoms with Crippen LogP contribution in [-0.4, -0.2) is 56.4 Å². The lowest BCUT2D eigenvalue weighted by Gasteiger charge is -2.44. The fraction of sp³-hybridized carbons (Fsp3) is 0.933. The monoisotopic (exact) mass is 284 g/mol. The Kier molecular flexibility index (Phi) is 5.81. The van der Waals surface area contributed by atoms with Crippen molar-refractivity contribution in [1.29, 1.82) is 0 Å². The van der Waals surface area contributed by atoms with Crippen LogP contribution in [0.4, 0.5) is 0 Å². The van der Waals surface area contributed by atoms with Gasteiger partial charge in [0, 0.05) is 26.2 Å². The molecule has 0 bridgehead atoms. The SMILES string of the molecule is CCOCCOC1CCN(C(=O)C2(CN)CCC2)CC1. The lowest BCUT2D eigenvalue weighted by atomic mass is 9.67. The van der Waals surface area contributed by atoms with Gasteiger partial charge < -0.3 is 20.1 Å². The van der Waals surface area contributed by atoms with Crippen LogP contribution in [0.5, 0.6) is 0 Å². The standard InChI is InChI=1S/C15H28N2O3/c1-2-19-10-11-20-13-4-8-17(9-5-13)14(18)15(12-16)6-3-7-15/h13H,2-12,16H2,1H3. The molecule has 1 saturated carbocycles. The van der Waals surface area contributed by atoms with Crippen LogP contribution in [0.25, 0.3) is 0 Å². The number of nitrogens with two attached hydrogens (primary N) is 1. The maximum absolute atomic E-state index is 12.5. The molecule has 5 heteroatoms. The molecule has 1 heterocycles. The first-order valence-corrected chi connectivity index (χ1v) is 7.90. The number of rotatable bonds is 7. The number of carbonyl (C=O) groups excluding carboxylic acids is 1. The molecule has 116 valence electrons. The Morgan fingerprint density at radius 3 is 2.50 bits per heavy atom. The van der Waals surface area contributed by atoms with Gasteiger partial charge in [0.25, 0.3) is 0 Å². The fourth-order valence-corrected chi connectivity index (χ4v) is 3.09. The zero-order valence-corrected chi connectivity index (χ0v) is 12.6. The Hall–Kier alpha value is -0.650. The zero-order chi connectivity index (χ0) is 14.4. The van der Waals surface area contributed by atoms with E-state index in [4.69, 9.17) is 15.2 Å². The van der Waals surface area contributed by atoms with E-state index in [1.807, 2.05) is 11.8 Å². The second-order valence-corrected chi connectivity index (χ2v) is 5.90. The molecule has 2 rings (SSSR count). The van der Waals surface area contributed by atoms with Crippen molar-refractivity contribution in [3.8, 4) is 0 Å². The third-order valence-electron chi connectivity index (χ3n) is 4.67. The Balaban J connectivity index is 1.70. The van der Waals surface area contributed by atoms with Gasteiger partial charge in [-0.25, -0.2) is 0 Å². The number of nitrogens with zero attached hydrogens (tertiary/aromatic N) is 1. The largest absolute Gasteiger partial charge is 0.379 e. The predicted octanol–water partition coefficient (Wildman–Crippen LogP) is 1.16. The Bertz CT molecular complexity index is 305. The molecule has 1 aliphatic heterocycles. The van der Waals surface area contributed by atoms with Gasteiger partial charge in [0.05, 0.1) is 24.7 Å². The van der Waals surface area contributed by atoms with E-state index in [0.717, 1.165) is 51.8 Å². The number of hydrogen-bond donors (Lipinski definition) is 1. The number of amides is 1. The van der Waals surface area contributed by atoms with E-state index in [0.29, 0.717) is 19.8 Å². The molecular formula is C15H28N2O3. The third kappa shape index (κ3) is 3.51. The van der Waals surface area contributed by atoms with Crippen molar-refractivity contribution in [2.24, 2.45) is 11.1 Å². The summed E-state index contributed by atoms with van der Waals surface area (Å²) in [6, 6.07) is 0. The average molecular weight is 284 g/mol. The van der Waals surface area contributed by atoms with Gasteiger partial charge >= 0.3 is 0 Å². The van der Waals surface area contributed by atoms with Crippen molar-refractivity contribution in [2.45, 2.75) is 45.1 Å². The van der Waals surface area contributed by atoms with Crippen LogP contribution in [0.1, 0.15) is 39.0 Å². The molecule has 0 radical (unpaired) electrons. The zero-order valence-electron chi connectivity index (χ0n) is 12.6. The molecule has 1 saturated heterocycles. The normalized spacial score (nSPS) is 22.6. The van der Waals surface area contributed by atoms with E-state index in [1.54, 1.807) is 0 Å². The van der Waals surface area contributed by atoms with E-state index in [9.17, 15) is 4.79 Å². The molecular weight excluding hydrogens is 256 g/mol. The van der Waals surface area contributed by atoms with Crippen molar-refractivity contribution in [3.63, 3.8) is 0 Å². The van der Waals surface area contributed by atoms with Gasteiger partial charge in [0.1, 0.15) is 0 Å². The third-order valence-corrected chi connectivity index (χ3v) is 4.67. The number of hydrogen-bond acceptors (Lipinski definition) is 4. The Morgan fingerprint density at radius 2 is 2.00 bits per heavy atom. The maximum Gasteiger partial charge on any atom is 0.230 e. The van der Waals surface area contributed by atoms with Crippen LogP contribution in [-0.2, 0) is 14.3 Å². The quantitative estimate of drug-likeness (QED) is 0.713. The summed E-state index contributed by atoms with van der Waals surface area (Å²) in [5.74, 6) is 0.277. The molecule has 0 aromatic heterocycles. The van der Waals surface area contributed by atoms with Crippen molar-refractivity contribution >= 4 is 5.91 Å². The van der Waals surface area contributed by atoms with Gasteiger partial charge in [0.15, 0.2) is 0 Å². The highest BCUT2D eigenvalue weighted by molar-refractivity contribution is 5.84. The summed E-state index contributed by atoms with van der Waals surface area (Å²) in [5, 5.41) is 0. The molecule has 2 aliphatic rings. The summed E-state index contributed by atoms with van der Waals surface area (Å²) in [4.78, 5) is 14.5. The molecule has 20 heavy (non-hydrogen) atoms. The van der Waals surface area contributed by atoms with E-state index in [1.165, 1.54) is 0 Å². The highest BCUT2D eigenvalue weighted by Crippen LogP contribution is 2.42. The van der Waals surface area contributed by atoms with Crippen molar-refractivity contribution in [3.05, 3.63) is 0 Å². The van der Waals surface area contributed by atoms with Crippen LogP contribution in [0.3, 0.4) is 0 Å². The van der Waals surface area contributed by atoms with Crippen molar-refractivity contribution in [1.82, 2.24) is 4.90 Å². The van der Waals surface area contributed by atoms with Crippen LogP contribution >= 0.6 is 0 Å². The summed E-state index contributed by atoms with van der Waals surface area (Å²) in [6.07, 6.45) is 5.20. The van der Waals surface area contributed by atoms with E-state index < -0.39 is 0 Å². The van der Waals surface area contributed by atoms with Crippen LogP contribution in [0.15, 0.2) is 0 Å². The minimum Gasteiger partial charge on any atom is -0.379 e. The fourth-order valence-electron chi connectivity index (χ4n) is 3.09.